The van der Waals surface area contributed by atoms with Gasteiger partial charge in [-0.05, 0) is 32.7 Å². The predicted octanol–water partition coefficient (Wildman–Crippen LogP) is 2.65. The first-order chi connectivity index (χ1) is 8.71. The second-order valence-electron chi connectivity index (χ2n) is 5.60. The summed E-state index contributed by atoms with van der Waals surface area (Å²) in [6, 6.07) is 1.26. The molecule has 0 aromatic heterocycles. The Balaban J connectivity index is 2.47. The third-order valence-electron chi connectivity index (χ3n) is 3.83. The first-order valence-corrected chi connectivity index (χ1v) is 7.80. The molecule has 18 heavy (non-hydrogen) atoms. The van der Waals surface area contributed by atoms with Crippen molar-refractivity contribution in [2.75, 3.05) is 26.2 Å². The van der Waals surface area contributed by atoms with Gasteiger partial charge in [0.05, 0.1) is 12.7 Å². The Morgan fingerprint density at radius 1 is 1.28 bits per heavy atom. The van der Waals surface area contributed by atoms with Crippen LogP contribution < -0.4 is 5.32 Å². The molecule has 1 fully saturated rings. The summed E-state index contributed by atoms with van der Waals surface area (Å²) in [5.74, 6) is 0. The van der Waals surface area contributed by atoms with Crippen molar-refractivity contribution in [1.82, 2.24) is 10.2 Å². The smallest absolute Gasteiger partial charge is 0.0674 e. The standard InChI is InChI=1S/C15H32N2O/c1-5-8-14(16-9-6-2)11-17-10-13(4)18-12-15(17)7-3/h13-16H,5-12H2,1-4H3. The van der Waals surface area contributed by atoms with E-state index < -0.39 is 0 Å². The van der Waals surface area contributed by atoms with Gasteiger partial charge in [-0.2, -0.15) is 0 Å². The molecular formula is C15H32N2O. The van der Waals surface area contributed by atoms with E-state index in [1.807, 2.05) is 0 Å². The highest BCUT2D eigenvalue weighted by Crippen LogP contribution is 2.15. The first-order valence-electron chi connectivity index (χ1n) is 7.80. The highest BCUT2D eigenvalue weighted by Gasteiger charge is 2.27. The van der Waals surface area contributed by atoms with E-state index in [1.54, 1.807) is 0 Å². The van der Waals surface area contributed by atoms with E-state index in [1.165, 1.54) is 32.2 Å². The number of hydrogen-bond acceptors (Lipinski definition) is 3. The van der Waals surface area contributed by atoms with Gasteiger partial charge in [0.25, 0.3) is 0 Å². The second kappa shape index (κ2) is 8.89. The molecule has 1 N–H and O–H groups in total. The molecule has 1 aliphatic heterocycles. The molecule has 1 saturated heterocycles. The Bertz CT molecular complexity index is 211. The number of rotatable bonds is 8. The third-order valence-corrected chi connectivity index (χ3v) is 3.83. The summed E-state index contributed by atoms with van der Waals surface area (Å²) in [5.41, 5.74) is 0. The highest BCUT2D eigenvalue weighted by atomic mass is 16.5. The maximum Gasteiger partial charge on any atom is 0.0674 e. The van der Waals surface area contributed by atoms with Crippen LogP contribution in [0.5, 0.6) is 0 Å². The maximum absolute atomic E-state index is 5.77. The van der Waals surface area contributed by atoms with E-state index in [0.29, 0.717) is 18.2 Å². The zero-order chi connectivity index (χ0) is 13.4. The summed E-state index contributed by atoms with van der Waals surface area (Å²) in [5, 5.41) is 3.69. The van der Waals surface area contributed by atoms with Gasteiger partial charge in [-0.1, -0.05) is 27.2 Å². The van der Waals surface area contributed by atoms with Crippen molar-refractivity contribution in [2.24, 2.45) is 0 Å². The van der Waals surface area contributed by atoms with Crippen LogP contribution in [0, 0.1) is 0 Å². The zero-order valence-electron chi connectivity index (χ0n) is 12.7. The lowest BCUT2D eigenvalue weighted by Gasteiger charge is -2.40. The van der Waals surface area contributed by atoms with E-state index >= 15 is 0 Å². The summed E-state index contributed by atoms with van der Waals surface area (Å²) in [6.07, 6.45) is 5.34. The molecule has 3 heteroatoms. The van der Waals surface area contributed by atoms with Crippen molar-refractivity contribution in [3.8, 4) is 0 Å². The van der Waals surface area contributed by atoms with Crippen LogP contribution in [0.1, 0.15) is 53.4 Å². The maximum atomic E-state index is 5.77. The van der Waals surface area contributed by atoms with E-state index in [9.17, 15) is 0 Å². The molecule has 0 aromatic rings. The van der Waals surface area contributed by atoms with Gasteiger partial charge in [0.1, 0.15) is 0 Å². The number of hydrogen-bond donors (Lipinski definition) is 1. The molecule has 0 amide bonds. The van der Waals surface area contributed by atoms with Crippen LogP contribution in [0.2, 0.25) is 0 Å². The molecule has 3 unspecified atom stereocenters. The van der Waals surface area contributed by atoms with Crippen molar-refractivity contribution in [2.45, 2.75) is 71.6 Å². The minimum absolute atomic E-state index is 0.390. The minimum atomic E-state index is 0.390. The molecular weight excluding hydrogens is 224 g/mol. The van der Waals surface area contributed by atoms with Crippen LogP contribution in [-0.2, 0) is 4.74 Å². The topological polar surface area (TPSA) is 24.5 Å². The van der Waals surface area contributed by atoms with Crippen molar-refractivity contribution in [3.05, 3.63) is 0 Å². The Morgan fingerprint density at radius 2 is 2.06 bits per heavy atom. The average molecular weight is 256 g/mol. The van der Waals surface area contributed by atoms with Gasteiger partial charge in [0.15, 0.2) is 0 Å². The lowest BCUT2D eigenvalue weighted by atomic mass is 10.1. The fourth-order valence-corrected chi connectivity index (χ4v) is 2.75. The number of nitrogens with zero attached hydrogens (tertiary/aromatic N) is 1. The predicted molar refractivity (Wildman–Crippen MR) is 78.1 cm³/mol. The molecule has 0 saturated carbocycles. The lowest BCUT2D eigenvalue weighted by Crippen LogP contribution is -2.53. The van der Waals surface area contributed by atoms with Crippen LogP contribution in [-0.4, -0.2) is 49.3 Å². The first kappa shape index (κ1) is 15.9. The third kappa shape index (κ3) is 5.25. The van der Waals surface area contributed by atoms with Crippen LogP contribution in [0.25, 0.3) is 0 Å². The van der Waals surface area contributed by atoms with Crippen molar-refractivity contribution in [3.63, 3.8) is 0 Å². The van der Waals surface area contributed by atoms with Gasteiger partial charge in [-0.3, -0.25) is 4.90 Å². The van der Waals surface area contributed by atoms with E-state index in [2.05, 4.69) is 37.9 Å². The molecule has 1 aliphatic rings. The summed E-state index contributed by atoms with van der Waals surface area (Å²) in [4.78, 5) is 2.64. The Hall–Kier alpha value is -0.120. The van der Waals surface area contributed by atoms with Gasteiger partial charge < -0.3 is 10.1 Å². The molecule has 0 aromatic carbocycles. The number of nitrogens with one attached hydrogen (secondary N) is 1. The molecule has 1 heterocycles. The quantitative estimate of drug-likeness (QED) is 0.722. The van der Waals surface area contributed by atoms with Gasteiger partial charge in [-0.25, -0.2) is 0 Å². The zero-order valence-corrected chi connectivity index (χ0v) is 12.7. The van der Waals surface area contributed by atoms with E-state index in [4.69, 9.17) is 4.74 Å². The molecule has 3 nitrogen and oxygen atoms in total. The van der Waals surface area contributed by atoms with Crippen LogP contribution in [0.3, 0.4) is 0 Å². The molecule has 0 aliphatic carbocycles. The van der Waals surface area contributed by atoms with Crippen LogP contribution in [0.15, 0.2) is 0 Å². The lowest BCUT2D eigenvalue weighted by molar-refractivity contribution is -0.0587. The fraction of sp³-hybridized carbons (Fsp3) is 1.00. The molecule has 1 rings (SSSR count). The number of ether oxygens (including phenoxy) is 1. The summed E-state index contributed by atoms with van der Waals surface area (Å²) in [6.45, 7) is 13.3. The fourth-order valence-electron chi connectivity index (χ4n) is 2.75. The summed E-state index contributed by atoms with van der Waals surface area (Å²) < 4.78 is 5.77. The molecule has 0 bridgehead atoms. The number of morpholine rings is 1. The SMILES string of the molecule is CCCNC(CCC)CN1CC(C)OCC1CC. The van der Waals surface area contributed by atoms with Crippen molar-refractivity contribution in [1.29, 1.82) is 0 Å². The van der Waals surface area contributed by atoms with Crippen molar-refractivity contribution >= 4 is 0 Å². The van der Waals surface area contributed by atoms with Gasteiger partial charge in [-0.15, -0.1) is 0 Å². The minimum Gasteiger partial charge on any atom is -0.376 e. The second-order valence-corrected chi connectivity index (χ2v) is 5.60. The average Bonchev–Trinajstić information content (AvgIpc) is 2.36. The van der Waals surface area contributed by atoms with Crippen LogP contribution >= 0.6 is 0 Å². The van der Waals surface area contributed by atoms with Gasteiger partial charge in [0, 0.05) is 25.2 Å². The Morgan fingerprint density at radius 3 is 2.67 bits per heavy atom. The highest BCUT2D eigenvalue weighted by molar-refractivity contribution is 4.81. The van der Waals surface area contributed by atoms with E-state index in [-0.39, 0.29) is 0 Å². The van der Waals surface area contributed by atoms with Crippen LogP contribution in [0.4, 0.5) is 0 Å². The Labute approximate surface area is 113 Å². The Kier molecular flexibility index (Phi) is 7.87. The monoisotopic (exact) mass is 256 g/mol. The van der Waals surface area contributed by atoms with Gasteiger partial charge >= 0.3 is 0 Å². The largest absolute Gasteiger partial charge is 0.376 e. The summed E-state index contributed by atoms with van der Waals surface area (Å²) >= 11 is 0. The summed E-state index contributed by atoms with van der Waals surface area (Å²) in [7, 11) is 0. The van der Waals surface area contributed by atoms with E-state index in [0.717, 1.165) is 19.7 Å². The molecule has 0 radical (unpaired) electrons. The normalized spacial score (nSPS) is 27.3. The van der Waals surface area contributed by atoms with Gasteiger partial charge in [0.2, 0.25) is 0 Å². The molecule has 108 valence electrons. The molecule has 0 spiro atoms. The molecule has 3 atom stereocenters. The van der Waals surface area contributed by atoms with Crippen molar-refractivity contribution < 1.29 is 4.74 Å².